The topological polar surface area (TPSA) is 61.7 Å². The number of halogens is 4. The van der Waals surface area contributed by atoms with Crippen LogP contribution in [0.4, 0.5) is 18.9 Å². The molecule has 0 bridgehead atoms. The first kappa shape index (κ1) is 12.5. The zero-order valence-corrected chi connectivity index (χ0v) is 9.06. The Balaban J connectivity index is 3.11. The average Bonchev–Trinajstić information content (AvgIpc) is 2.23. The number of benzene rings is 1. The van der Waals surface area contributed by atoms with Gasteiger partial charge in [-0.25, -0.2) is 13.2 Å². The highest BCUT2D eigenvalue weighted by Gasteiger charge is 2.17. The van der Waals surface area contributed by atoms with Gasteiger partial charge in [-0.3, -0.25) is 4.79 Å². The minimum atomic E-state index is -1.40. The van der Waals surface area contributed by atoms with Crippen molar-refractivity contribution < 1.29 is 23.2 Å². The van der Waals surface area contributed by atoms with E-state index < -0.39 is 33.5 Å². The van der Waals surface area contributed by atoms with Crippen molar-refractivity contribution >= 4 is 33.7 Å². The second-order valence-corrected chi connectivity index (χ2v) is 3.37. The predicted molar refractivity (Wildman–Crippen MR) is 52.9 cm³/mol. The van der Waals surface area contributed by atoms with Gasteiger partial charge in [0.1, 0.15) is 6.21 Å². The number of carbonyl (C=O) groups is 1. The second-order valence-electron chi connectivity index (χ2n) is 2.58. The predicted octanol–water partition coefficient (Wildman–Crippen LogP) is 2.26. The Hall–Kier alpha value is -1.57. The molecule has 1 amide bonds. The van der Waals surface area contributed by atoms with Crippen LogP contribution in [0.2, 0.25) is 0 Å². The van der Waals surface area contributed by atoms with Gasteiger partial charge in [-0.1, -0.05) is 5.16 Å². The van der Waals surface area contributed by atoms with Crippen molar-refractivity contribution in [1.29, 1.82) is 0 Å². The van der Waals surface area contributed by atoms with Crippen molar-refractivity contribution in [3.63, 3.8) is 0 Å². The highest BCUT2D eigenvalue weighted by Crippen LogP contribution is 2.28. The smallest absolute Gasteiger partial charge is 0.270 e. The van der Waals surface area contributed by atoms with Gasteiger partial charge in [0.15, 0.2) is 17.5 Å². The standard InChI is InChI=1S/C8H4BrF3N2O2/c9-6-7(11)3(10)1-4(8(6)12)14-5(15)2-13-16/h1-2,16H,(H,14,15)/b13-2+. The Morgan fingerprint density at radius 2 is 2.06 bits per heavy atom. The van der Waals surface area contributed by atoms with Crippen LogP contribution in [0.5, 0.6) is 0 Å². The van der Waals surface area contributed by atoms with Crippen molar-refractivity contribution in [2.24, 2.45) is 5.16 Å². The largest absolute Gasteiger partial charge is 0.411 e. The fraction of sp³-hybridized carbons (Fsp3) is 0. The van der Waals surface area contributed by atoms with E-state index in [0.29, 0.717) is 12.3 Å². The molecule has 0 saturated carbocycles. The van der Waals surface area contributed by atoms with Crippen LogP contribution in [0.15, 0.2) is 15.7 Å². The summed E-state index contributed by atoms with van der Waals surface area (Å²) in [6, 6.07) is 0.471. The summed E-state index contributed by atoms with van der Waals surface area (Å²) in [6.45, 7) is 0. The van der Waals surface area contributed by atoms with E-state index >= 15 is 0 Å². The quantitative estimate of drug-likeness (QED) is 0.289. The van der Waals surface area contributed by atoms with E-state index in [1.54, 1.807) is 0 Å². The molecular weight excluding hydrogens is 293 g/mol. The summed E-state index contributed by atoms with van der Waals surface area (Å²) in [5, 5.41) is 12.3. The molecule has 1 aromatic carbocycles. The van der Waals surface area contributed by atoms with Gasteiger partial charge in [0.05, 0.1) is 10.2 Å². The Morgan fingerprint density at radius 3 is 2.62 bits per heavy atom. The Bertz CT molecular complexity index is 465. The van der Waals surface area contributed by atoms with Crippen LogP contribution >= 0.6 is 15.9 Å². The number of nitrogens with zero attached hydrogens (tertiary/aromatic N) is 1. The summed E-state index contributed by atoms with van der Waals surface area (Å²) in [4.78, 5) is 10.9. The third-order valence-corrected chi connectivity index (χ3v) is 2.23. The zero-order chi connectivity index (χ0) is 12.3. The van der Waals surface area contributed by atoms with Crippen LogP contribution in [-0.4, -0.2) is 17.3 Å². The van der Waals surface area contributed by atoms with Gasteiger partial charge < -0.3 is 10.5 Å². The minimum absolute atomic E-state index is 0.439. The van der Waals surface area contributed by atoms with Gasteiger partial charge in [0.2, 0.25) is 0 Å². The SMILES string of the molecule is O=C(/C=N/O)Nc1cc(F)c(F)c(Br)c1F. The first-order valence-corrected chi connectivity index (χ1v) is 4.58. The van der Waals surface area contributed by atoms with Gasteiger partial charge in [-0.15, -0.1) is 0 Å². The van der Waals surface area contributed by atoms with Crippen LogP contribution in [0, 0.1) is 17.5 Å². The summed E-state index contributed by atoms with van der Waals surface area (Å²) in [5.74, 6) is -4.88. The van der Waals surface area contributed by atoms with E-state index in [-0.39, 0.29) is 0 Å². The number of hydrogen-bond donors (Lipinski definition) is 2. The van der Waals surface area contributed by atoms with Gasteiger partial charge in [0.25, 0.3) is 5.91 Å². The third-order valence-electron chi connectivity index (χ3n) is 1.54. The van der Waals surface area contributed by atoms with Crippen LogP contribution < -0.4 is 5.32 Å². The number of rotatable bonds is 2. The third kappa shape index (κ3) is 2.51. The summed E-state index contributed by atoms with van der Waals surface area (Å²) in [7, 11) is 0. The second kappa shape index (κ2) is 4.97. The maximum Gasteiger partial charge on any atom is 0.270 e. The number of hydrogen-bond acceptors (Lipinski definition) is 3. The molecule has 1 aromatic rings. The lowest BCUT2D eigenvalue weighted by Gasteiger charge is -2.06. The summed E-state index contributed by atoms with van der Waals surface area (Å²) >= 11 is 2.49. The van der Waals surface area contributed by atoms with Crippen molar-refractivity contribution in [3.8, 4) is 0 Å². The summed E-state index contributed by atoms with van der Waals surface area (Å²) in [5.41, 5.74) is -0.573. The number of nitrogens with one attached hydrogen (secondary N) is 1. The molecule has 0 aliphatic heterocycles. The fourth-order valence-corrected chi connectivity index (χ4v) is 1.28. The van der Waals surface area contributed by atoms with Gasteiger partial charge in [-0.2, -0.15) is 0 Å². The van der Waals surface area contributed by atoms with E-state index in [1.165, 1.54) is 0 Å². The van der Waals surface area contributed by atoms with E-state index in [0.717, 1.165) is 0 Å². The molecule has 0 spiro atoms. The molecule has 0 unspecified atom stereocenters. The average molecular weight is 297 g/mol. The number of oxime groups is 1. The molecule has 0 aromatic heterocycles. The minimum Gasteiger partial charge on any atom is -0.411 e. The first-order valence-electron chi connectivity index (χ1n) is 3.78. The van der Waals surface area contributed by atoms with E-state index in [2.05, 4.69) is 21.1 Å². The normalized spacial score (nSPS) is 10.8. The van der Waals surface area contributed by atoms with Gasteiger partial charge >= 0.3 is 0 Å². The van der Waals surface area contributed by atoms with E-state index in [9.17, 15) is 18.0 Å². The lowest BCUT2D eigenvalue weighted by molar-refractivity contribution is -0.110. The monoisotopic (exact) mass is 296 g/mol. The molecule has 0 saturated heterocycles. The number of carbonyl (C=O) groups excluding carboxylic acids is 1. The molecule has 1 rings (SSSR count). The first-order chi connectivity index (χ1) is 7.47. The highest BCUT2D eigenvalue weighted by atomic mass is 79.9. The van der Waals surface area contributed by atoms with Crippen LogP contribution in [0.3, 0.4) is 0 Å². The molecule has 0 radical (unpaired) electrons. The molecule has 0 heterocycles. The molecule has 8 heteroatoms. The molecule has 16 heavy (non-hydrogen) atoms. The maximum atomic E-state index is 13.3. The Labute approximate surface area is 95.9 Å². The van der Waals surface area contributed by atoms with Crippen molar-refractivity contribution in [2.45, 2.75) is 0 Å². The molecular formula is C8H4BrF3N2O2. The van der Waals surface area contributed by atoms with Crippen molar-refractivity contribution in [1.82, 2.24) is 0 Å². The van der Waals surface area contributed by atoms with Crippen LogP contribution in [-0.2, 0) is 4.79 Å². The number of anilines is 1. The summed E-state index contributed by atoms with van der Waals surface area (Å²) in [6.07, 6.45) is 0.439. The molecule has 4 nitrogen and oxygen atoms in total. The lowest BCUT2D eigenvalue weighted by Crippen LogP contribution is -2.14. The molecule has 0 fully saturated rings. The van der Waals surface area contributed by atoms with Crippen LogP contribution in [0.1, 0.15) is 0 Å². The lowest BCUT2D eigenvalue weighted by atomic mass is 10.3. The molecule has 0 atom stereocenters. The van der Waals surface area contributed by atoms with Crippen molar-refractivity contribution in [3.05, 3.63) is 28.0 Å². The zero-order valence-electron chi connectivity index (χ0n) is 7.47. The maximum absolute atomic E-state index is 13.3. The van der Waals surface area contributed by atoms with Crippen molar-refractivity contribution in [2.75, 3.05) is 5.32 Å². The fourth-order valence-electron chi connectivity index (χ4n) is 0.881. The summed E-state index contributed by atoms with van der Waals surface area (Å²) < 4.78 is 38.2. The van der Waals surface area contributed by atoms with E-state index in [1.807, 2.05) is 5.32 Å². The Kier molecular flexibility index (Phi) is 3.88. The van der Waals surface area contributed by atoms with E-state index in [4.69, 9.17) is 5.21 Å². The highest BCUT2D eigenvalue weighted by molar-refractivity contribution is 9.10. The molecule has 0 aliphatic rings. The molecule has 2 N–H and O–H groups in total. The van der Waals surface area contributed by atoms with Gasteiger partial charge in [-0.05, 0) is 15.9 Å². The molecule has 0 aliphatic carbocycles. The van der Waals surface area contributed by atoms with Crippen LogP contribution in [0.25, 0.3) is 0 Å². The molecule has 86 valence electrons. The number of amides is 1. The van der Waals surface area contributed by atoms with Gasteiger partial charge in [0, 0.05) is 6.07 Å². The Morgan fingerprint density at radius 1 is 1.44 bits per heavy atom.